The van der Waals surface area contributed by atoms with Crippen LogP contribution in [0.4, 0.5) is 0 Å². The zero-order valence-corrected chi connectivity index (χ0v) is 10.6. The second-order valence-electron chi connectivity index (χ2n) is 5.28. The van der Waals surface area contributed by atoms with Crippen molar-refractivity contribution in [2.75, 3.05) is 0 Å². The summed E-state index contributed by atoms with van der Waals surface area (Å²) in [6, 6.07) is 18.8. The second kappa shape index (κ2) is 3.82. The summed E-state index contributed by atoms with van der Waals surface area (Å²) < 4.78 is 0. The Bertz CT molecular complexity index is 720. The number of fused-ring (bicyclic) bond motifs is 3. The molecule has 0 saturated heterocycles. The summed E-state index contributed by atoms with van der Waals surface area (Å²) in [6.07, 6.45) is 0. The molecule has 3 aromatic rings. The maximum Gasteiger partial charge on any atom is 0.0840 e. The number of hydrogen-bond acceptors (Lipinski definition) is 1. The molecule has 0 heterocycles. The van der Waals surface area contributed by atoms with Crippen LogP contribution in [0.2, 0.25) is 0 Å². The van der Waals surface area contributed by atoms with Crippen LogP contribution in [0.25, 0.3) is 21.5 Å². The van der Waals surface area contributed by atoms with E-state index >= 15 is 0 Å². The van der Waals surface area contributed by atoms with Crippen molar-refractivity contribution in [2.24, 2.45) is 0 Å². The van der Waals surface area contributed by atoms with E-state index in [-0.39, 0.29) is 0 Å². The van der Waals surface area contributed by atoms with E-state index in [4.69, 9.17) is 0 Å². The molecule has 0 aliphatic rings. The highest BCUT2D eigenvalue weighted by Gasteiger charge is 2.16. The predicted molar refractivity (Wildman–Crippen MR) is 76.7 cm³/mol. The lowest BCUT2D eigenvalue weighted by Crippen LogP contribution is -2.15. The lowest BCUT2D eigenvalue weighted by Gasteiger charge is -2.18. The van der Waals surface area contributed by atoms with Crippen LogP contribution in [0.1, 0.15) is 19.4 Å². The molecule has 1 N–H and O–H groups in total. The van der Waals surface area contributed by atoms with E-state index in [9.17, 15) is 5.11 Å². The molecule has 0 spiro atoms. The number of aliphatic hydroxyl groups is 1. The molecule has 0 bridgehead atoms. The number of rotatable bonds is 1. The van der Waals surface area contributed by atoms with Gasteiger partial charge in [0.1, 0.15) is 0 Å². The van der Waals surface area contributed by atoms with E-state index in [0.29, 0.717) is 0 Å². The normalized spacial score (nSPS) is 12.2. The lowest BCUT2D eigenvalue weighted by atomic mass is 9.93. The van der Waals surface area contributed by atoms with E-state index in [1.54, 1.807) is 0 Å². The summed E-state index contributed by atoms with van der Waals surface area (Å²) in [5.74, 6) is 0. The van der Waals surface area contributed by atoms with Gasteiger partial charge in [-0.2, -0.15) is 0 Å². The second-order valence-corrected chi connectivity index (χ2v) is 5.28. The Morgan fingerprint density at radius 3 is 2.11 bits per heavy atom. The van der Waals surface area contributed by atoms with Crippen LogP contribution < -0.4 is 0 Å². The van der Waals surface area contributed by atoms with Crippen molar-refractivity contribution in [1.82, 2.24) is 0 Å². The zero-order chi connectivity index (χ0) is 12.8. The van der Waals surface area contributed by atoms with Gasteiger partial charge in [0, 0.05) is 0 Å². The van der Waals surface area contributed by atoms with Gasteiger partial charge in [0.15, 0.2) is 0 Å². The monoisotopic (exact) mass is 236 g/mol. The van der Waals surface area contributed by atoms with Crippen LogP contribution in [-0.4, -0.2) is 5.11 Å². The third-order valence-corrected chi connectivity index (χ3v) is 3.45. The minimum absolute atomic E-state index is 0.800. The lowest BCUT2D eigenvalue weighted by molar-refractivity contribution is 0.0787. The largest absolute Gasteiger partial charge is 0.386 e. The van der Waals surface area contributed by atoms with Crippen LogP contribution in [0.5, 0.6) is 0 Å². The van der Waals surface area contributed by atoms with Gasteiger partial charge >= 0.3 is 0 Å². The Balaban J connectivity index is 2.40. The van der Waals surface area contributed by atoms with Crippen molar-refractivity contribution in [2.45, 2.75) is 19.4 Å². The molecule has 3 rings (SSSR count). The maximum atomic E-state index is 10.1. The molecule has 0 fully saturated rings. The Labute approximate surface area is 107 Å². The van der Waals surface area contributed by atoms with Crippen molar-refractivity contribution >= 4 is 21.5 Å². The fourth-order valence-electron chi connectivity index (χ4n) is 2.38. The first-order chi connectivity index (χ1) is 8.55. The zero-order valence-electron chi connectivity index (χ0n) is 10.6. The quantitative estimate of drug-likeness (QED) is 0.627. The Morgan fingerprint density at radius 2 is 1.39 bits per heavy atom. The summed E-state index contributed by atoms with van der Waals surface area (Å²) >= 11 is 0. The standard InChI is InChI=1S/C17H16O/c1-17(2,18)14-10-9-13-8-7-12-5-3-4-6-15(12)16(13)11-14/h3-11,18H,1-2H3. The molecule has 0 aliphatic carbocycles. The molecule has 0 atom stereocenters. The summed E-state index contributed by atoms with van der Waals surface area (Å²) in [6.45, 7) is 3.64. The molecule has 1 nitrogen and oxygen atoms in total. The summed E-state index contributed by atoms with van der Waals surface area (Å²) in [5.41, 5.74) is 0.150. The Morgan fingerprint density at radius 1 is 0.778 bits per heavy atom. The van der Waals surface area contributed by atoms with E-state index in [0.717, 1.165) is 5.56 Å². The van der Waals surface area contributed by atoms with E-state index in [1.165, 1.54) is 21.5 Å². The van der Waals surface area contributed by atoms with Crippen molar-refractivity contribution in [3.8, 4) is 0 Å². The van der Waals surface area contributed by atoms with Crippen molar-refractivity contribution in [3.05, 3.63) is 60.2 Å². The summed E-state index contributed by atoms with van der Waals surface area (Å²) in [5, 5.41) is 15.0. The molecule has 90 valence electrons. The van der Waals surface area contributed by atoms with E-state index in [2.05, 4.69) is 42.5 Å². The van der Waals surface area contributed by atoms with Crippen LogP contribution in [0.3, 0.4) is 0 Å². The van der Waals surface area contributed by atoms with Crippen molar-refractivity contribution in [1.29, 1.82) is 0 Å². The minimum Gasteiger partial charge on any atom is -0.386 e. The van der Waals surface area contributed by atoms with Gasteiger partial charge in [-0.15, -0.1) is 0 Å². The third kappa shape index (κ3) is 1.77. The van der Waals surface area contributed by atoms with Gasteiger partial charge in [-0.3, -0.25) is 0 Å². The molecular formula is C17H16O. The van der Waals surface area contributed by atoms with Crippen molar-refractivity contribution < 1.29 is 5.11 Å². The highest BCUT2D eigenvalue weighted by molar-refractivity contribution is 6.07. The van der Waals surface area contributed by atoms with Gasteiger partial charge in [-0.1, -0.05) is 48.5 Å². The average molecular weight is 236 g/mol. The summed E-state index contributed by atoms with van der Waals surface area (Å²) in [7, 11) is 0. The van der Waals surface area contributed by atoms with Gasteiger partial charge in [-0.05, 0) is 47.0 Å². The van der Waals surface area contributed by atoms with Gasteiger partial charge < -0.3 is 5.11 Å². The highest BCUT2D eigenvalue weighted by Crippen LogP contribution is 2.29. The molecule has 1 heteroatoms. The molecule has 0 amide bonds. The van der Waals surface area contributed by atoms with Crippen LogP contribution >= 0.6 is 0 Å². The van der Waals surface area contributed by atoms with Crippen LogP contribution in [0.15, 0.2) is 54.6 Å². The Hall–Kier alpha value is -1.86. The smallest absolute Gasteiger partial charge is 0.0840 e. The number of benzene rings is 3. The first kappa shape index (κ1) is 11.2. The average Bonchev–Trinajstić information content (AvgIpc) is 2.37. The molecule has 0 aromatic heterocycles. The van der Waals surface area contributed by atoms with E-state index < -0.39 is 5.60 Å². The third-order valence-electron chi connectivity index (χ3n) is 3.45. The topological polar surface area (TPSA) is 20.2 Å². The van der Waals surface area contributed by atoms with Crippen molar-refractivity contribution in [3.63, 3.8) is 0 Å². The molecule has 18 heavy (non-hydrogen) atoms. The first-order valence-corrected chi connectivity index (χ1v) is 6.20. The Kier molecular flexibility index (Phi) is 2.39. The number of hydrogen-bond donors (Lipinski definition) is 1. The van der Waals surface area contributed by atoms with Gasteiger partial charge in [-0.25, -0.2) is 0 Å². The summed E-state index contributed by atoms with van der Waals surface area (Å²) in [4.78, 5) is 0. The molecular weight excluding hydrogens is 220 g/mol. The highest BCUT2D eigenvalue weighted by atomic mass is 16.3. The molecule has 0 aliphatic heterocycles. The molecule has 0 radical (unpaired) electrons. The molecule has 3 aromatic carbocycles. The van der Waals surface area contributed by atoms with Gasteiger partial charge in [0.2, 0.25) is 0 Å². The SMILES string of the molecule is CC(C)(O)c1ccc2ccc3ccccc3c2c1. The molecule has 0 saturated carbocycles. The van der Waals surface area contributed by atoms with Gasteiger partial charge in [0.05, 0.1) is 5.60 Å². The van der Waals surface area contributed by atoms with E-state index in [1.807, 2.05) is 26.0 Å². The van der Waals surface area contributed by atoms with Gasteiger partial charge in [0.25, 0.3) is 0 Å². The molecule has 0 unspecified atom stereocenters. The van der Waals surface area contributed by atoms with Crippen LogP contribution in [-0.2, 0) is 5.60 Å². The maximum absolute atomic E-state index is 10.1. The van der Waals surface area contributed by atoms with Crippen LogP contribution in [0, 0.1) is 0 Å². The first-order valence-electron chi connectivity index (χ1n) is 6.20. The minimum atomic E-state index is -0.800. The fourth-order valence-corrected chi connectivity index (χ4v) is 2.38. The predicted octanol–water partition coefficient (Wildman–Crippen LogP) is 4.22. The fraction of sp³-hybridized carbons (Fsp3) is 0.176.